The van der Waals surface area contributed by atoms with Crippen LogP contribution in [0.3, 0.4) is 0 Å². The lowest BCUT2D eigenvalue weighted by atomic mass is 9.84. The monoisotopic (exact) mass is 275 g/mol. The standard InChI is InChI=1S/C11H21N3O3S/c1-4-11(5-2,8-15)7-13-18(16,17)10-6-12-9(3)14-10/h6,13,15H,4-5,7-8H2,1-3H3,(H,12,14). The molecule has 0 radical (unpaired) electrons. The molecular weight excluding hydrogens is 254 g/mol. The van der Waals surface area contributed by atoms with Gasteiger partial charge in [-0.3, -0.25) is 0 Å². The van der Waals surface area contributed by atoms with Gasteiger partial charge in [-0.2, -0.15) is 0 Å². The van der Waals surface area contributed by atoms with E-state index in [0.717, 1.165) is 0 Å². The Hall–Kier alpha value is -0.920. The number of imidazole rings is 1. The molecule has 104 valence electrons. The third kappa shape index (κ3) is 3.30. The van der Waals surface area contributed by atoms with Crippen molar-refractivity contribution in [3.8, 4) is 0 Å². The summed E-state index contributed by atoms with van der Waals surface area (Å²) in [5.74, 6) is 0.551. The van der Waals surface area contributed by atoms with Crippen molar-refractivity contribution in [3.05, 3.63) is 12.0 Å². The van der Waals surface area contributed by atoms with Crippen molar-refractivity contribution in [1.29, 1.82) is 0 Å². The van der Waals surface area contributed by atoms with Crippen molar-refractivity contribution < 1.29 is 13.5 Å². The van der Waals surface area contributed by atoms with E-state index in [2.05, 4.69) is 14.7 Å². The van der Waals surface area contributed by atoms with Crippen molar-refractivity contribution in [1.82, 2.24) is 14.7 Å². The molecule has 0 aromatic carbocycles. The van der Waals surface area contributed by atoms with E-state index in [-0.39, 0.29) is 18.2 Å². The number of aryl methyl sites for hydroxylation is 1. The molecule has 0 spiro atoms. The lowest BCUT2D eigenvalue weighted by Gasteiger charge is -2.29. The molecule has 18 heavy (non-hydrogen) atoms. The molecule has 0 amide bonds. The molecule has 0 saturated heterocycles. The molecule has 0 atom stereocenters. The Balaban J connectivity index is 2.79. The van der Waals surface area contributed by atoms with Gasteiger partial charge in [-0.15, -0.1) is 0 Å². The quantitative estimate of drug-likeness (QED) is 0.685. The summed E-state index contributed by atoms with van der Waals surface area (Å²) in [6, 6.07) is 0. The molecule has 7 heteroatoms. The minimum Gasteiger partial charge on any atom is -0.396 e. The van der Waals surface area contributed by atoms with Crippen molar-refractivity contribution in [2.24, 2.45) is 5.41 Å². The van der Waals surface area contributed by atoms with Gasteiger partial charge in [0.05, 0.1) is 6.20 Å². The van der Waals surface area contributed by atoms with Gasteiger partial charge in [0.25, 0.3) is 10.0 Å². The van der Waals surface area contributed by atoms with Crippen LogP contribution in [-0.2, 0) is 10.0 Å². The van der Waals surface area contributed by atoms with Crippen LogP contribution in [0.15, 0.2) is 11.2 Å². The lowest BCUT2D eigenvalue weighted by molar-refractivity contribution is 0.119. The molecule has 0 saturated carbocycles. The second-order valence-electron chi connectivity index (χ2n) is 4.52. The van der Waals surface area contributed by atoms with Crippen LogP contribution in [0.2, 0.25) is 0 Å². The molecule has 6 nitrogen and oxygen atoms in total. The fraction of sp³-hybridized carbons (Fsp3) is 0.727. The molecule has 0 unspecified atom stereocenters. The first kappa shape index (κ1) is 15.1. The molecule has 0 fully saturated rings. The van der Waals surface area contributed by atoms with E-state index >= 15 is 0 Å². The van der Waals surface area contributed by atoms with Gasteiger partial charge in [-0.1, -0.05) is 13.8 Å². The number of aromatic nitrogens is 2. The number of hydrogen-bond donors (Lipinski definition) is 3. The number of aromatic amines is 1. The Kier molecular flexibility index (Phi) is 4.89. The van der Waals surface area contributed by atoms with Gasteiger partial charge in [-0.25, -0.2) is 18.1 Å². The number of nitrogens with one attached hydrogen (secondary N) is 2. The van der Waals surface area contributed by atoms with Crippen LogP contribution >= 0.6 is 0 Å². The van der Waals surface area contributed by atoms with Crippen molar-refractivity contribution in [2.75, 3.05) is 13.2 Å². The van der Waals surface area contributed by atoms with Crippen LogP contribution in [0.5, 0.6) is 0 Å². The van der Waals surface area contributed by atoms with Crippen molar-refractivity contribution >= 4 is 10.0 Å². The summed E-state index contributed by atoms with van der Waals surface area (Å²) in [7, 11) is -3.58. The predicted molar refractivity (Wildman–Crippen MR) is 68.6 cm³/mol. The summed E-state index contributed by atoms with van der Waals surface area (Å²) in [5, 5.41) is 9.45. The maximum atomic E-state index is 12.0. The van der Waals surface area contributed by atoms with Gasteiger partial charge >= 0.3 is 0 Å². The zero-order chi connectivity index (χ0) is 13.8. The Bertz CT molecular complexity index is 469. The summed E-state index contributed by atoms with van der Waals surface area (Å²) in [4.78, 5) is 6.55. The largest absolute Gasteiger partial charge is 0.396 e. The normalized spacial score (nSPS) is 12.9. The Morgan fingerprint density at radius 2 is 2.06 bits per heavy atom. The van der Waals surface area contributed by atoms with Crippen molar-refractivity contribution in [2.45, 2.75) is 38.6 Å². The fourth-order valence-corrected chi connectivity index (χ4v) is 2.77. The zero-order valence-corrected chi connectivity index (χ0v) is 11.8. The van der Waals surface area contributed by atoms with Gasteiger partial charge in [0.2, 0.25) is 0 Å². The average Bonchev–Trinajstić information content (AvgIpc) is 2.79. The number of nitrogens with zero attached hydrogens (tertiary/aromatic N) is 1. The van der Waals surface area contributed by atoms with Crippen LogP contribution in [0.1, 0.15) is 32.5 Å². The van der Waals surface area contributed by atoms with Gasteiger partial charge in [0, 0.05) is 18.6 Å². The third-order valence-corrected chi connectivity index (χ3v) is 4.75. The molecule has 1 aromatic heterocycles. The Morgan fingerprint density at radius 1 is 1.44 bits per heavy atom. The number of sulfonamides is 1. The van der Waals surface area contributed by atoms with Crippen molar-refractivity contribution in [3.63, 3.8) is 0 Å². The second kappa shape index (κ2) is 5.81. The summed E-state index contributed by atoms with van der Waals surface area (Å²) in [6.07, 6.45) is 2.71. The van der Waals surface area contributed by atoms with Gasteiger partial charge in [-0.05, 0) is 19.8 Å². The Labute approximate surface area is 108 Å². The maximum Gasteiger partial charge on any atom is 0.257 e. The summed E-state index contributed by atoms with van der Waals surface area (Å²) >= 11 is 0. The van der Waals surface area contributed by atoms with E-state index in [9.17, 15) is 13.5 Å². The minimum absolute atomic E-state index is 0.0372. The number of hydrogen-bond acceptors (Lipinski definition) is 4. The molecule has 1 aromatic rings. The van der Waals surface area contributed by atoms with Gasteiger partial charge in [0.1, 0.15) is 5.82 Å². The van der Waals surface area contributed by atoms with E-state index in [0.29, 0.717) is 18.7 Å². The highest BCUT2D eigenvalue weighted by molar-refractivity contribution is 7.89. The van der Waals surface area contributed by atoms with Gasteiger partial charge in [0.15, 0.2) is 5.03 Å². The first-order chi connectivity index (χ1) is 8.39. The molecule has 3 N–H and O–H groups in total. The fourth-order valence-electron chi connectivity index (χ4n) is 1.64. The molecule has 0 aliphatic heterocycles. The van der Waals surface area contributed by atoms with E-state index < -0.39 is 15.4 Å². The summed E-state index contributed by atoms with van der Waals surface area (Å²) < 4.78 is 26.5. The minimum atomic E-state index is -3.58. The molecule has 1 rings (SSSR count). The zero-order valence-electron chi connectivity index (χ0n) is 11.0. The molecule has 1 heterocycles. The Morgan fingerprint density at radius 3 is 2.44 bits per heavy atom. The topological polar surface area (TPSA) is 95.1 Å². The highest BCUT2D eigenvalue weighted by atomic mass is 32.2. The molecule has 0 aliphatic carbocycles. The van der Waals surface area contributed by atoms with Crippen LogP contribution < -0.4 is 4.72 Å². The van der Waals surface area contributed by atoms with E-state index in [1.807, 2.05) is 13.8 Å². The van der Waals surface area contributed by atoms with Crippen LogP contribution in [0.4, 0.5) is 0 Å². The number of aliphatic hydroxyl groups excluding tert-OH is 1. The summed E-state index contributed by atoms with van der Waals surface area (Å²) in [5.41, 5.74) is -0.401. The van der Waals surface area contributed by atoms with Gasteiger partial charge < -0.3 is 10.1 Å². The SMILES string of the molecule is CCC(CC)(CO)CNS(=O)(=O)c1cnc(C)[nH]1. The van der Waals surface area contributed by atoms with E-state index in [1.165, 1.54) is 6.20 Å². The van der Waals surface area contributed by atoms with Crippen LogP contribution in [-0.4, -0.2) is 36.6 Å². The molecule has 0 aliphatic rings. The first-order valence-electron chi connectivity index (χ1n) is 6.01. The van der Waals surface area contributed by atoms with Crippen LogP contribution in [0, 0.1) is 12.3 Å². The number of H-pyrrole nitrogens is 1. The maximum absolute atomic E-state index is 12.0. The molecule has 0 bridgehead atoms. The van der Waals surface area contributed by atoms with Crippen LogP contribution in [0.25, 0.3) is 0 Å². The lowest BCUT2D eigenvalue weighted by Crippen LogP contribution is -2.39. The third-order valence-electron chi connectivity index (χ3n) is 3.44. The van der Waals surface area contributed by atoms with E-state index in [1.54, 1.807) is 6.92 Å². The first-order valence-corrected chi connectivity index (χ1v) is 7.49. The average molecular weight is 275 g/mol. The highest BCUT2D eigenvalue weighted by Gasteiger charge is 2.28. The number of rotatable bonds is 7. The predicted octanol–water partition coefficient (Wildman–Crippen LogP) is 0.795. The second-order valence-corrected chi connectivity index (χ2v) is 6.26. The summed E-state index contributed by atoms with van der Waals surface area (Å²) in [6.45, 7) is 5.75. The smallest absolute Gasteiger partial charge is 0.257 e. The number of aliphatic hydroxyl groups is 1. The van der Waals surface area contributed by atoms with E-state index in [4.69, 9.17) is 0 Å². The highest BCUT2D eigenvalue weighted by Crippen LogP contribution is 2.25. The molecular formula is C11H21N3O3S.